The molecule has 106 valence electrons. The summed E-state index contributed by atoms with van der Waals surface area (Å²) in [6.07, 6.45) is 0. The van der Waals surface area contributed by atoms with Crippen LogP contribution in [0.1, 0.15) is 5.69 Å². The second-order valence-corrected chi connectivity index (χ2v) is 4.70. The molecule has 20 heavy (non-hydrogen) atoms. The third-order valence-corrected chi connectivity index (χ3v) is 3.20. The van der Waals surface area contributed by atoms with E-state index in [1.165, 1.54) is 21.1 Å². The number of aromatic nitrogens is 2. The van der Waals surface area contributed by atoms with Crippen LogP contribution in [0.15, 0.2) is 12.1 Å². The van der Waals surface area contributed by atoms with Crippen LogP contribution in [0.2, 0.25) is 10.2 Å². The summed E-state index contributed by atoms with van der Waals surface area (Å²) in [7, 11) is 2.97. The Bertz CT molecular complexity index is 642. The molecule has 1 heterocycles. The predicted molar refractivity (Wildman–Crippen MR) is 75.3 cm³/mol. The van der Waals surface area contributed by atoms with Gasteiger partial charge in [-0.3, -0.25) is 0 Å². The molecule has 0 radical (unpaired) electrons. The monoisotopic (exact) mass is 316 g/mol. The summed E-state index contributed by atoms with van der Waals surface area (Å²) in [5, 5.41) is 0.0990. The van der Waals surface area contributed by atoms with Crippen molar-refractivity contribution in [2.75, 3.05) is 14.2 Å². The van der Waals surface area contributed by atoms with Crippen molar-refractivity contribution in [3.63, 3.8) is 0 Å². The first-order valence-electron chi connectivity index (χ1n) is 5.59. The van der Waals surface area contributed by atoms with Crippen LogP contribution in [-0.2, 0) is 0 Å². The highest BCUT2D eigenvalue weighted by Gasteiger charge is 2.16. The lowest BCUT2D eigenvalue weighted by molar-refractivity contribution is 0.355. The summed E-state index contributed by atoms with van der Waals surface area (Å²) < 4.78 is 23.8. The lowest BCUT2D eigenvalue weighted by atomic mass is 10.2. The maximum Gasteiger partial charge on any atom is 0.181 e. The molecule has 0 aliphatic rings. The van der Waals surface area contributed by atoms with Crippen molar-refractivity contribution in [3.05, 3.63) is 33.8 Å². The van der Waals surface area contributed by atoms with Gasteiger partial charge in [-0.1, -0.05) is 23.2 Å². The number of halogens is 3. The van der Waals surface area contributed by atoms with Gasteiger partial charge in [0, 0.05) is 5.56 Å². The van der Waals surface area contributed by atoms with E-state index in [1.54, 1.807) is 12.1 Å². The molecule has 2 rings (SSSR count). The molecule has 0 N–H and O–H groups in total. The Labute approximate surface area is 125 Å². The van der Waals surface area contributed by atoms with Gasteiger partial charge in [0.1, 0.15) is 0 Å². The molecular formula is C13H11Cl2FN2O2. The smallest absolute Gasteiger partial charge is 0.181 e. The van der Waals surface area contributed by atoms with Crippen LogP contribution >= 0.6 is 23.2 Å². The zero-order valence-corrected chi connectivity index (χ0v) is 12.5. The van der Waals surface area contributed by atoms with Crippen molar-refractivity contribution >= 4 is 23.2 Å². The molecule has 1 aromatic heterocycles. The predicted octanol–water partition coefficient (Wildman–Crippen LogP) is 3.92. The number of aryl methyl sites for hydroxylation is 1. The molecule has 7 heteroatoms. The largest absolute Gasteiger partial charge is 0.493 e. The Balaban J connectivity index is 2.62. The van der Waals surface area contributed by atoms with Gasteiger partial charge in [0.25, 0.3) is 0 Å². The van der Waals surface area contributed by atoms with E-state index >= 15 is 0 Å². The first-order chi connectivity index (χ1) is 9.47. The van der Waals surface area contributed by atoms with Crippen LogP contribution in [-0.4, -0.2) is 24.2 Å². The number of hydrogen-bond acceptors (Lipinski definition) is 4. The van der Waals surface area contributed by atoms with Crippen LogP contribution < -0.4 is 9.47 Å². The van der Waals surface area contributed by atoms with Gasteiger partial charge in [-0.25, -0.2) is 14.4 Å². The molecule has 0 aliphatic heterocycles. The van der Waals surface area contributed by atoms with Crippen LogP contribution in [0.25, 0.3) is 11.4 Å². The molecule has 0 amide bonds. The number of hydrogen-bond donors (Lipinski definition) is 0. The summed E-state index contributed by atoms with van der Waals surface area (Å²) in [5.74, 6) is 0.457. The topological polar surface area (TPSA) is 44.2 Å². The molecular weight excluding hydrogens is 306 g/mol. The minimum absolute atomic E-state index is 0.158. The first kappa shape index (κ1) is 14.8. The van der Waals surface area contributed by atoms with Crippen LogP contribution in [0.4, 0.5) is 4.39 Å². The Hall–Kier alpha value is -1.59. The quantitative estimate of drug-likeness (QED) is 0.805. The average molecular weight is 317 g/mol. The van der Waals surface area contributed by atoms with E-state index in [9.17, 15) is 4.39 Å². The molecule has 0 saturated carbocycles. The number of methoxy groups -OCH3 is 2. The fraction of sp³-hybridized carbons (Fsp3) is 0.231. The van der Waals surface area contributed by atoms with E-state index in [4.69, 9.17) is 32.7 Å². The van der Waals surface area contributed by atoms with Crippen molar-refractivity contribution in [3.8, 4) is 22.9 Å². The lowest BCUT2D eigenvalue weighted by Gasteiger charge is -2.11. The second-order valence-electron chi connectivity index (χ2n) is 3.93. The Morgan fingerprint density at radius 2 is 1.80 bits per heavy atom. The molecule has 0 fully saturated rings. The van der Waals surface area contributed by atoms with Gasteiger partial charge in [0.15, 0.2) is 28.3 Å². The van der Waals surface area contributed by atoms with Crippen molar-refractivity contribution in [2.24, 2.45) is 0 Å². The molecule has 0 spiro atoms. The van der Waals surface area contributed by atoms with E-state index in [0.717, 1.165) is 0 Å². The Morgan fingerprint density at radius 1 is 1.10 bits per heavy atom. The number of rotatable bonds is 3. The summed E-state index contributed by atoms with van der Waals surface area (Å²) in [6.45, 7) is 1.51. The SMILES string of the molecule is COc1cc(-c2nc(C)c(F)c(Cl)n2)cc(Cl)c1OC. The molecule has 0 saturated heterocycles. The second kappa shape index (κ2) is 5.81. The molecule has 0 bridgehead atoms. The third-order valence-electron chi connectivity index (χ3n) is 2.67. The Morgan fingerprint density at radius 3 is 2.35 bits per heavy atom. The lowest BCUT2D eigenvalue weighted by Crippen LogP contribution is -1.99. The number of ether oxygens (including phenoxy) is 2. The van der Waals surface area contributed by atoms with Crippen molar-refractivity contribution in [2.45, 2.75) is 6.92 Å². The summed E-state index contributed by atoms with van der Waals surface area (Å²) in [4.78, 5) is 7.95. The van der Waals surface area contributed by atoms with E-state index in [1.807, 2.05) is 0 Å². The number of nitrogens with zero attached hydrogens (tertiary/aromatic N) is 2. The van der Waals surface area contributed by atoms with Gasteiger partial charge < -0.3 is 9.47 Å². The minimum Gasteiger partial charge on any atom is -0.493 e. The van der Waals surface area contributed by atoms with Crippen LogP contribution in [0.3, 0.4) is 0 Å². The average Bonchev–Trinajstić information content (AvgIpc) is 2.43. The van der Waals surface area contributed by atoms with Gasteiger partial charge in [0.2, 0.25) is 0 Å². The normalized spacial score (nSPS) is 10.5. The minimum atomic E-state index is -0.637. The molecule has 2 aromatic rings. The molecule has 1 aromatic carbocycles. The summed E-state index contributed by atoms with van der Waals surface area (Å²) >= 11 is 11.8. The van der Waals surface area contributed by atoms with E-state index in [2.05, 4.69) is 9.97 Å². The fourth-order valence-corrected chi connectivity index (χ4v) is 2.21. The zero-order chi connectivity index (χ0) is 14.9. The van der Waals surface area contributed by atoms with Crippen molar-refractivity contribution in [1.29, 1.82) is 0 Å². The maximum atomic E-state index is 13.4. The highest BCUT2D eigenvalue weighted by molar-refractivity contribution is 6.32. The van der Waals surface area contributed by atoms with Gasteiger partial charge in [-0.15, -0.1) is 0 Å². The van der Waals surface area contributed by atoms with Crippen molar-refractivity contribution in [1.82, 2.24) is 9.97 Å². The molecule has 0 aliphatic carbocycles. The van der Waals surface area contributed by atoms with Crippen molar-refractivity contribution < 1.29 is 13.9 Å². The van der Waals surface area contributed by atoms with E-state index in [0.29, 0.717) is 22.1 Å². The molecule has 4 nitrogen and oxygen atoms in total. The highest BCUT2D eigenvalue weighted by atomic mass is 35.5. The number of benzene rings is 1. The fourth-order valence-electron chi connectivity index (χ4n) is 1.70. The standard InChI is InChI=1S/C13H11Cl2FN2O2/c1-6-10(16)12(15)18-13(17-6)7-4-8(14)11(20-3)9(5-7)19-2/h4-5H,1-3H3. The van der Waals surface area contributed by atoms with E-state index < -0.39 is 5.82 Å². The van der Waals surface area contributed by atoms with Gasteiger partial charge >= 0.3 is 0 Å². The third kappa shape index (κ3) is 2.64. The summed E-state index contributed by atoms with van der Waals surface area (Å²) in [5.41, 5.74) is 0.712. The Kier molecular flexibility index (Phi) is 4.30. The molecule has 0 atom stereocenters. The zero-order valence-electron chi connectivity index (χ0n) is 11.0. The highest BCUT2D eigenvalue weighted by Crippen LogP contribution is 2.38. The summed E-state index contributed by atoms with van der Waals surface area (Å²) in [6, 6.07) is 3.25. The molecule has 0 unspecified atom stereocenters. The maximum absolute atomic E-state index is 13.4. The van der Waals surface area contributed by atoms with E-state index in [-0.39, 0.29) is 16.7 Å². The first-order valence-corrected chi connectivity index (χ1v) is 6.35. The van der Waals surface area contributed by atoms with Crippen LogP contribution in [0, 0.1) is 12.7 Å². The van der Waals surface area contributed by atoms with Gasteiger partial charge in [0.05, 0.1) is 24.9 Å². The van der Waals surface area contributed by atoms with Gasteiger partial charge in [-0.2, -0.15) is 0 Å². The van der Waals surface area contributed by atoms with Crippen LogP contribution in [0.5, 0.6) is 11.5 Å². The van der Waals surface area contributed by atoms with Gasteiger partial charge in [-0.05, 0) is 19.1 Å².